The van der Waals surface area contributed by atoms with Crippen LogP contribution in [0.4, 0.5) is 24.5 Å². The third kappa shape index (κ3) is 3.20. The molecule has 2 aromatic rings. The Morgan fingerprint density at radius 1 is 1.16 bits per heavy atom. The number of carbonyl (C=O) groups is 2. The van der Waals surface area contributed by atoms with E-state index in [2.05, 4.69) is 12.6 Å². The fraction of sp³-hybridized carbons (Fsp3) is 0.286. The first-order chi connectivity index (χ1) is 14.5. The van der Waals surface area contributed by atoms with Crippen LogP contribution in [-0.2, 0) is 22.3 Å². The summed E-state index contributed by atoms with van der Waals surface area (Å²) in [5.74, 6) is -0.891. The minimum Gasteiger partial charge on any atom is -0.457 e. The lowest BCUT2D eigenvalue weighted by atomic mass is 10.0. The van der Waals surface area contributed by atoms with Crippen LogP contribution in [0, 0.1) is 11.3 Å². The van der Waals surface area contributed by atoms with Crippen LogP contribution >= 0.6 is 12.6 Å². The summed E-state index contributed by atoms with van der Waals surface area (Å²) in [5, 5.41) is 9.02. The van der Waals surface area contributed by atoms with Gasteiger partial charge in [0, 0.05) is 16.9 Å². The topological polar surface area (TPSA) is 73.6 Å². The summed E-state index contributed by atoms with van der Waals surface area (Å²) in [5.41, 5.74) is -2.08. The molecule has 0 aromatic heterocycles. The molecule has 0 saturated carbocycles. The summed E-state index contributed by atoms with van der Waals surface area (Å²) < 4.78 is 45.3. The number of anilines is 2. The van der Waals surface area contributed by atoms with E-state index in [1.807, 2.05) is 0 Å². The van der Waals surface area contributed by atoms with Crippen LogP contribution in [0.1, 0.15) is 40.9 Å². The quantitative estimate of drug-likeness (QED) is 0.555. The van der Waals surface area contributed by atoms with Gasteiger partial charge in [-0.2, -0.15) is 18.4 Å². The Kier molecular flexibility index (Phi) is 4.70. The van der Waals surface area contributed by atoms with Gasteiger partial charge in [-0.1, -0.05) is 0 Å². The van der Waals surface area contributed by atoms with Gasteiger partial charge in [-0.3, -0.25) is 9.69 Å². The molecule has 4 rings (SSSR count). The van der Waals surface area contributed by atoms with Crippen LogP contribution in [0.5, 0.6) is 0 Å². The monoisotopic (exact) mass is 447 g/mol. The molecule has 2 aliphatic heterocycles. The second-order valence-corrected chi connectivity index (χ2v) is 8.17. The van der Waals surface area contributed by atoms with Gasteiger partial charge in [0.2, 0.25) is 0 Å². The summed E-state index contributed by atoms with van der Waals surface area (Å²) >= 11 is 4.54. The lowest BCUT2D eigenvalue weighted by Crippen LogP contribution is -2.45. The molecule has 2 aromatic carbocycles. The molecule has 6 nitrogen and oxygen atoms in total. The Morgan fingerprint density at radius 3 is 2.48 bits per heavy atom. The predicted octanol–water partition coefficient (Wildman–Crippen LogP) is 4.09. The summed E-state index contributed by atoms with van der Waals surface area (Å²) in [4.78, 5) is 27.8. The molecule has 1 unspecified atom stereocenters. The van der Waals surface area contributed by atoms with Crippen molar-refractivity contribution in [3.8, 4) is 6.07 Å². The number of benzene rings is 2. The van der Waals surface area contributed by atoms with Gasteiger partial charge in [-0.05, 0) is 50.2 Å². The van der Waals surface area contributed by atoms with Crippen LogP contribution in [0.15, 0.2) is 36.4 Å². The maximum atomic E-state index is 13.4. The normalized spacial score (nSPS) is 20.0. The van der Waals surface area contributed by atoms with Crippen molar-refractivity contribution >= 4 is 35.9 Å². The highest BCUT2D eigenvalue weighted by molar-refractivity contribution is 7.81. The molecule has 2 heterocycles. The average molecular weight is 447 g/mol. The third-order valence-corrected chi connectivity index (χ3v) is 5.92. The fourth-order valence-electron chi connectivity index (χ4n) is 3.90. The third-order valence-electron chi connectivity index (χ3n) is 5.46. The molecular weight excluding hydrogens is 431 g/mol. The molecule has 1 saturated heterocycles. The number of ether oxygens (including phenoxy) is 1. The first-order valence-corrected chi connectivity index (χ1v) is 9.71. The van der Waals surface area contributed by atoms with Crippen LogP contribution in [-0.4, -0.2) is 22.9 Å². The highest BCUT2D eigenvalue weighted by Gasteiger charge is 2.52. The van der Waals surface area contributed by atoms with E-state index in [-0.39, 0.29) is 12.3 Å². The average Bonchev–Trinajstić information content (AvgIpc) is 3.15. The van der Waals surface area contributed by atoms with Gasteiger partial charge in [0.15, 0.2) is 5.50 Å². The predicted molar refractivity (Wildman–Crippen MR) is 109 cm³/mol. The number of esters is 1. The Morgan fingerprint density at radius 2 is 1.84 bits per heavy atom. The Balaban J connectivity index is 1.78. The Bertz CT molecular complexity index is 1160. The molecule has 31 heavy (non-hydrogen) atoms. The summed E-state index contributed by atoms with van der Waals surface area (Å²) in [6.07, 6.45) is -4.75. The van der Waals surface area contributed by atoms with Gasteiger partial charge in [0.05, 0.1) is 22.8 Å². The number of nitriles is 1. The summed E-state index contributed by atoms with van der Waals surface area (Å²) in [7, 11) is 0. The van der Waals surface area contributed by atoms with E-state index in [9.17, 15) is 22.8 Å². The number of rotatable bonds is 2. The number of hydrogen-bond acceptors (Lipinski definition) is 6. The number of carbonyl (C=O) groups excluding carboxylic acids is 2. The van der Waals surface area contributed by atoms with Gasteiger partial charge < -0.3 is 9.64 Å². The van der Waals surface area contributed by atoms with E-state index >= 15 is 0 Å². The van der Waals surface area contributed by atoms with Gasteiger partial charge >= 0.3 is 12.1 Å². The molecule has 1 amide bonds. The molecule has 0 bridgehead atoms. The summed E-state index contributed by atoms with van der Waals surface area (Å²) in [6, 6.07) is 9.60. The number of fused-ring (bicyclic) bond motifs is 1. The zero-order valence-corrected chi connectivity index (χ0v) is 17.3. The molecule has 2 aliphatic rings. The molecule has 0 radical (unpaired) electrons. The second kappa shape index (κ2) is 6.92. The highest BCUT2D eigenvalue weighted by atomic mass is 32.1. The van der Waals surface area contributed by atoms with Gasteiger partial charge in [-0.25, -0.2) is 4.79 Å². The SMILES string of the molecule is CC1(C)C(=O)N(c2ccc(C#N)c(C(F)(F)F)c2)C(S)N1c1ccc2c(c1)COC2=O. The van der Waals surface area contributed by atoms with E-state index in [0.29, 0.717) is 16.8 Å². The zero-order chi connectivity index (χ0) is 22.7. The van der Waals surface area contributed by atoms with Crippen LogP contribution in [0.25, 0.3) is 0 Å². The first kappa shape index (κ1) is 21.1. The number of cyclic esters (lactones) is 1. The van der Waals surface area contributed by atoms with Crippen molar-refractivity contribution in [1.29, 1.82) is 5.26 Å². The van der Waals surface area contributed by atoms with Crippen molar-refractivity contribution < 1.29 is 27.5 Å². The number of halogens is 3. The number of hydrogen-bond donors (Lipinski definition) is 1. The van der Waals surface area contributed by atoms with Gasteiger partial charge in [0.1, 0.15) is 12.1 Å². The smallest absolute Gasteiger partial charge is 0.417 e. The minimum atomic E-state index is -4.75. The second-order valence-electron chi connectivity index (χ2n) is 7.71. The lowest BCUT2D eigenvalue weighted by Gasteiger charge is -2.33. The maximum Gasteiger partial charge on any atom is 0.417 e. The maximum absolute atomic E-state index is 13.4. The molecule has 1 fully saturated rings. The largest absolute Gasteiger partial charge is 0.457 e. The zero-order valence-electron chi connectivity index (χ0n) is 16.4. The Hall–Kier alpha value is -3.19. The van der Waals surface area contributed by atoms with Gasteiger partial charge in [0.25, 0.3) is 5.91 Å². The molecular formula is C21H16F3N3O3S. The summed E-state index contributed by atoms with van der Waals surface area (Å²) in [6.45, 7) is 3.39. The van der Waals surface area contributed by atoms with Crippen molar-refractivity contribution in [2.45, 2.75) is 37.7 Å². The van der Waals surface area contributed by atoms with E-state index in [0.717, 1.165) is 17.0 Å². The highest BCUT2D eigenvalue weighted by Crippen LogP contribution is 2.43. The lowest BCUT2D eigenvalue weighted by molar-refractivity contribution is -0.137. The fourth-order valence-corrected chi connectivity index (χ4v) is 4.56. The van der Waals surface area contributed by atoms with Crippen LogP contribution in [0.3, 0.4) is 0 Å². The van der Waals surface area contributed by atoms with E-state index in [1.54, 1.807) is 36.9 Å². The minimum absolute atomic E-state index is 0.0217. The van der Waals surface area contributed by atoms with Crippen LogP contribution < -0.4 is 9.80 Å². The standard InChI is InChI=1S/C21H16F3N3O3S/c1-20(2)18(29)26(13-4-3-11(9-25)16(8-13)21(22,23)24)19(31)27(20)14-5-6-15-12(7-14)10-30-17(15)28/h3-8,19,31H,10H2,1-2H3. The van der Waals surface area contributed by atoms with E-state index < -0.39 is 40.2 Å². The van der Waals surface area contributed by atoms with Crippen molar-refractivity contribution in [3.63, 3.8) is 0 Å². The molecule has 0 aliphatic carbocycles. The van der Waals surface area contributed by atoms with E-state index in [1.165, 1.54) is 12.1 Å². The number of alkyl halides is 3. The van der Waals surface area contributed by atoms with Crippen molar-refractivity contribution in [2.24, 2.45) is 0 Å². The molecule has 10 heteroatoms. The number of amides is 1. The molecule has 0 spiro atoms. The number of thiol groups is 1. The van der Waals surface area contributed by atoms with E-state index in [4.69, 9.17) is 10.00 Å². The van der Waals surface area contributed by atoms with Crippen molar-refractivity contribution in [2.75, 3.05) is 9.80 Å². The van der Waals surface area contributed by atoms with Gasteiger partial charge in [-0.15, -0.1) is 12.6 Å². The van der Waals surface area contributed by atoms with Crippen LogP contribution in [0.2, 0.25) is 0 Å². The first-order valence-electron chi connectivity index (χ1n) is 9.19. The molecule has 160 valence electrons. The molecule has 1 atom stereocenters. The number of nitrogens with zero attached hydrogens (tertiary/aromatic N) is 3. The van der Waals surface area contributed by atoms with Crippen molar-refractivity contribution in [1.82, 2.24) is 0 Å². The molecule has 0 N–H and O–H groups in total. The van der Waals surface area contributed by atoms with Crippen molar-refractivity contribution in [3.05, 3.63) is 58.7 Å². The Labute approximate surface area is 181 Å².